The molecule has 2 aromatic heterocycles. The van der Waals surface area contributed by atoms with Gasteiger partial charge in [-0.1, -0.05) is 6.08 Å². The molecule has 2 aromatic rings. The van der Waals surface area contributed by atoms with Crippen molar-refractivity contribution in [2.75, 3.05) is 19.7 Å². The highest BCUT2D eigenvalue weighted by atomic mass is 31.2. The molecule has 3 rings (SSSR count). The number of aromatic amines is 2. The summed E-state index contributed by atoms with van der Waals surface area (Å²) in [5, 5.41) is 0. The zero-order chi connectivity index (χ0) is 20.7. The number of fused-ring (bicyclic) bond motifs is 1. The molecule has 0 unspecified atom stereocenters. The molecule has 0 aromatic carbocycles. The molecule has 152 valence electrons. The summed E-state index contributed by atoms with van der Waals surface area (Å²) in [6.07, 6.45) is 5.18. The summed E-state index contributed by atoms with van der Waals surface area (Å²) in [5.41, 5.74) is 0.434. The van der Waals surface area contributed by atoms with Crippen LogP contribution in [-0.4, -0.2) is 57.5 Å². The van der Waals surface area contributed by atoms with Crippen LogP contribution >= 0.6 is 7.14 Å². The van der Waals surface area contributed by atoms with E-state index in [0.717, 1.165) is 0 Å². The van der Waals surface area contributed by atoms with Crippen molar-refractivity contribution in [3.63, 3.8) is 0 Å². The minimum Gasteiger partial charge on any atom is -0.444 e. The van der Waals surface area contributed by atoms with E-state index in [1.807, 2.05) is 0 Å². The van der Waals surface area contributed by atoms with Gasteiger partial charge >= 0.3 is 6.09 Å². The summed E-state index contributed by atoms with van der Waals surface area (Å²) >= 11 is 0. The van der Waals surface area contributed by atoms with Crippen molar-refractivity contribution in [3.05, 3.63) is 40.6 Å². The van der Waals surface area contributed by atoms with E-state index in [0.29, 0.717) is 16.6 Å². The average molecular weight is 408 g/mol. The Kier molecular flexibility index (Phi) is 5.25. The van der Waals surface area contributed by atoms with Crippen LogP contribution in [0.4, 0.5) is 4.79 Å². The molecule has 9 nitrogen and oxygen atoms in total. The summed E-state index contributed by atoms with van der Waals surface area (Å²) in [6.45, 7) is 8.57. The Morgan fingerprint density at radius 3 is 2.64 bits per heavy atom. The molecule has 1 aliphatic heterocycles. The predicted molar refractivity (Wildman–Crippen MR) is 106 cm³/mol. The Balaban J connectivity index is 1.97. The number of carbonyl (C=O) groups is 1. The van der Waals surface area contributed by atoms with Crippen LogP contribution in [0.3, 0.4) is 0 Å². The number of rotatable bonds is 4. The molecular formula is C18H25N4O5P. The first kappa shape index (κ1) is 20.4. The van der Waals surface area contributed by atoms with Gasteiger partial charge in [-0.2, -0.15) is 0 Å². The van der Waals surface area contributed by atoms with Crippen LogP contribution in [0.2, 0.25) is 0 Å². The van der Waals surface area contributed by atoms with Crippen molar-refractivity contribution < 1.29 is 18.8 Å². The first-order valence-corrected chi connectivity index (χ1v) is 11.6. The maximum absolute atomic E-state index is 12.9. The van der Waals surface area contributed by atoms with Crippen LogP contribution in [0.1, 0.15) is 32.4 Å². The fraction of sp³-hybridized carbons (Fsp3) is 0.500. The fourth-order valence-corrected chi connectivity index (χ4v) is 3.43. The monoisotopic (exact) mass is 408 g/mol. The second kappa shape index (κ2) is 7.22. The Morgan fingerprint density at radius 1 is 1.29 bits per heavy atom. The van der Waals surface area contributed by atoms with Gasteiger partial charge in [0.25, 0.3) is 5.56 Å². The highest BCUT2D eigenvalue weighted by molar-refractivity contribution is 7.62. The predicted octanol–water partition coefficient (Wildman–Crippen LogP) is 3.02. The van der Waals surface area contributed by atoms with Crippen molar-refractivity contribution in [2.24, 2.45) is 0 Å². The van der Waals surface area contributed by atoms with Gasteiger partial charge in [0.2, 0.25) is 0 Å². The van der Waals surface area contributed by atoms with E-state index in [9.17, 15) is 14.2 Å². The van der Waals surface area contributed by atoms with Gasteiger partial charge in [-0.3, -0.25) is 9.69 Å². The van der Waals surface area contributed by atoms with E-state index >= 15 is 0 Å². The second-order valence-corrected chi connectivity index (χ2v) is 11.6. The van der Waals surface area contributed by atoms with Gasteiger partial charge in [-0.15, -0.1) is 0 Å². The van der Waals surface area contributed by atoms with Gasteiger partial charge in [0.1, 0.15) is 30.1 Å². The topological polar surface area (TPSA) is 117 Å². The normalized spacial score (nSPS) is 20.1. The number of nitrogens with one attached hydrogen (secondary N) is 2. The number of carbonyl (C=O) groups excluding carboxylic acids is 1. The number of H-pyrrole nitrogens is 2. The second-order valence-electron chi connectivity index (χ2n) is 8.18. The molecule has 1 aliphatic rings. The number of hydrogen-bond donors (Lipinski definition) is 2. The number of nitrogens with zero attached hydrogens (tertiary/aromatic N) is 2. The van der Waals surface area contributed by atoms with Crippen LogP contribution in [0.25, 0.3) is 11.0 Å². The number of ether oxygens (including phenoxy) is 2. The Labute approximate surface area is 162 Å². The van der Waals surface area contributed by atoms with Crippen molar-refractivity contribution in [3.8, 4) is 0 Å². The third-order valence-electron chi connectivity index (χ3n) is 4.01. The highest BCUT2D eigenvalue weighted by Gasteiger charge is 2.39. The molecule has 2 atom stereocenters. The lowest BCUT2D eigenvalue weighted by atomic mass is 10.1. The maximum Gasteiger partial charge on any atom is 0.413 e. The van der Waals surface area contributed by atoms with Crippen molar-refractivity contribution in [1.29, 1.82) is 0 Å². The van der Waals surface area contributed by atoms with Crippen molar-refractivity contribution >= 4 is 24.3 Å². The van der Waals surface area contributed by atoms with Gasteiger partial charge in [0.05, 0.1) is 12.4 Å². The molecule has 1 amide bonds. The third kappa shape index (κ3) is 4.36. The van der Waals surface area contributed by atoms with Crippen LogP contribution in [0.5, 0.6) is 0 Å². The fourth-order valence-electron chi connectivity index (χ4n) is 2.92. The van der Waals surface area contributed by atoms with Gasteiger partial charge in [-0.05, 0) is 40.2 Å². The van der Waals surface area contributed by atoms with E-state index in [1.54, 1.807) is 52.4 Å². The lowest BCUT2D eigenvalue weighted by molar-refractivity contribution is -0.0365. The summed E-state index contributed by atoms with van der Waals surface area (Å²) in [7, 11) is -2.44. The summed E-state index contributed by atoms with van der Waals surface area (Å²) in [6, 6.07) is -0.545. The highest BCUT2D eigenvalue weighted by Crippen LogP contribution is 2.39. The summed E-state index contributed by atoms with van der Waals surface area (Å²) < 4.78 is 23.4. The van der Waals surface area contributed by atoms with E-state index in [-0.39, 0.29) is 11.9 Å². The summed E-state index contributed by atoms with van der Waals surface area (Å²) in [5.74, 6) is 0. The SMILES string of the molecule is CC(C)(C)OC(=O)N1[C@@H](c2c[nH]c3c(=O)[nH]cnc23)C=C[C@H]1OCP(C)(C)=O. The lowest BCUT2D eigenvalue weighted by Crippen LogP contribution is -2.42. The summed E-state index contributed by atoms with van der Waals surface area (Å²) in [4.78, 5) is 36.0. The van der Waals surface area contributed by atoms with Crippen LogP contribution < -0.4 is 5.56 Å². The molecule has 2 N–H and O–H groups in total. The quantitative estimate of drug-likeness (QED) is 0.593. The molecule has 0 fully saturated rings. The molecule has 28 heavy (non-hydrogen) atoms. The molecule has 0 aliphatic carbocycles. The van der Waals surface area contributed by atoms with E-state index in [1.165, 1.54) is 11.2 Å². The largest absolute Gasteiger partial charge is 0.444 e. The van der Waals surface area contributed by atoms with Gasteiger partial charge in [-0.25, -0.2) is 9.78 Å². The molecule has 10 heteroatoms. The molecular weight excluding hydrogens is 383 g/mol. The Bertz CT molecular complexity index is 1010. The molecule has 0 radical (unpaired) electrons. The van der Waals surface area contributed by atoms with Crippen molar-refractivity contribution in [1.82, 2.24) is 19.9 Å². The lowest BCUT2D eigenvalue weighted by Gasteiger charge is -2.32. The first-order valence-electron chi connectivity index (χ1n) is 8.86. The van der Waals surface area contributed by atoms with E-state index in [4.69, 9.17) is 9.47 Å². The van der Waals surface area contributed by atoms with Crippen LogP contribution in [0.15, 0.2) is 29.5 Å². The first-order chi connectivity index (χ1) is 13.0. The van der Waals surface area contributed by atoms with E-state index < -0.39 is 31.1 Å². The maximum atomic E-state index is 12.9. The minimum atomic E-state index is -2.44. The number of aromatic nitrogens is 3. The zero-order valence-corrected chi connectivity index (χ0v) is 17.4. The smallest absolute Gasteiger partial charge is 0.413 e. The zero-order valence-electron chi connectivity index (χ0n) is 16.6. The molecule has 0 bridgehead atoms. The molecule has 0 saturated heterocycles. The molecule has 3 heterocycles. The number of amides is 1. The van der Waals surface area contributed by atoms with E-state index in [2.05, 4.69) is 15.0 Å². The third-order valence-corrected chi connectivity index (χ3v) is 4.78. The Hall–Kier alpha value is -2.38. The van der Waals surface area contributed by atoms with Gasteiger partial charge < -0.3 is 24.0 Å². The van der Waals surface area contributed by atoms with Gasteiger partial charge in [0.15, 0.2) is 6.23 Å². The molecule has 0 saturated carbocycles. The Morgan fingerprint density at radius 2 is 2.00 bits per heavy atom. The van der Waals surface area contributed by atoms with Gasteiger partial charge in [0, 0.05) is 11.8 Å². The average Bonchev–Trinajstić information content (AvgIpc) is 3.14. The minimum absolute atomic E-state index is 0.0276. The van der Waals surface area contributed by atoms with Crippen molar-refractivity contribution in [2.45, 2.75) is 38.6 Å². The molecule has 0 spiro atoms. The van der Waals surface area contributed by atoms with Crippen LogP contribution in [0, 0.1) is 0 Å². The standard InChI is InChI=1S/C18H25N4O5P/c1-18(2,3)27-17(24)22-12(6-7-13(22)26-10-28(4,5)25)11-8-19-15-14(11)20-9-21-16(15)23/h6-9,12-13,19H,10H2,1-5H3,(H,20,21,23)/t12-,13-/m1/s1. The van der Waals surface area contributed by atoms with Crippen LogP contribution in [-0.2, 0) is 14.0 Å². The number of hydrogen-bond acceptors (Lipinski definition) is 6.